The van der Waals surface area contributed by atoms with Crippen LogP contribution >= 0.6 is 23.2 Å². The molecule has 4 nitrogen and oxygen atoms in total. The van der Waals surface area contributed by atoms with E-state index in [1.807, 2.05) is 0 Å². The number of nitrogens with zero attached hydrogens (tertiary/aromatic N) is 1. The van der Waals surface area contributed by atoms with Gasteiger partial charge in [0.15, 0.2) is 0 Å². The number of rotatable bonds is 5. The van der Waals surface area contributed by atoms with Crippen LogP contribution in [0.15, 0.2) is 42.5 Å². The molecule has 0 bridgehead atoms. The molecule has 2 amide bonds. The van der Waals surface area contributed by atoms with Crippen molar-refractivity contribution in [3.8, 4) is 0 Å². The van der Waals surface area contributed by atoms with E-state index < -0.39 is 0 Å². The molecule has 6 heteroatoms. The average molecular weight is 365 g/mol. The van der Waals surface area contributed by atoms with Crippen molar-refractivity contribution in [3.63, 3.8) is 0 Å². The molecule has 0 saturated heterocycles. The Bertz CT molecular complexity index is 723. The first-order chi connectivity index (χ1) is 11.4. The number of carbonyl (C=O) groups is 2. The smallest absolute Gasteiger partial charge is 0.253 e. The molecule has 126 valence electrons. The number of carbonyl (C=O) groups excluding carboxylic acids is 2. The molecule has 0 fully saturated rings. The lowest BCUT2D eigenvalue weighted by Crippen LogP contribution is -2.21. The summed E-state index contributed by atoms with van der Waals surface area (Å²) in [6.45, 7) is 0. The largest absolute Gasteiger partial charge is 0.345 e. The van der Waals surface area contributed by atoms with Crippen molar-refractivity contribution in [1.82, 2.24) is 4.90 Å². The molecule has 0 aliphatic carbocycles. The first kappa shape index (κ1) is 18.3. The van der Waals surface area contributed by atoms with Crippen molar-refractivity contribution in [3.05, 3.63) is 63.6 Å². The van der Waals surface area contributed by atoms with Gasteiger partial charge in [0.2, 0.25) is 5.91 Å². The Balaban J connectivity index is 1.94. The van der Waals surface area contributed by atoms with E-state index in [1.165, 1.54) is 4.90 Å². The van der Waals surface area contributed by atoms with Gasteiger partial charge in [-0.3, -0.25) is 9.59 Å². The monoisotopic (exact) mass is 364 g/mol. The van der Waals surface area contributed by atoms with E-state index in [2.05, 4.69) is 5.32 Å². The van der Waals surface area contributed by atoms with Crippen molar-refractivity contribution in [1.29, 1.82) is 0 Å². The second-order valence-electron chi connectivity index (χ2n) is 5.53. The quantitative estimate of drug-likeness (QED) is 0.861. The summed E-state index contributed by atoms with van der Waals surface area (Å²) in [4.78, 5) is 25.4. The summed E-state index contributed by atoms with van der Waals surface area (Å²) in [6, 6.07) is 12.0. The van der Waals surface area contributed by atoms with Gasteiger partial charge in [-0.2, -0.15) is 0 Å². The third kappa shape index (κ3) is 4.73. The lowest BCUT2D eigenvalue weighted by molar-refractivity contribution is -0.116. The Morgan fingerprint density at radius 1 is 1.00 bits per heavy atom. The fraction of sp³-hybridized carbons (Fsp3) is 0.222. The lowest BCUT2D eigenvalue weighted by Gasteiger charge is -2.11. The zero-order valence-electron chi connectivity index (χ0n) is 13.5. The van der Waals surface area contributed by atoms with E-state index in [1.54, 1.807) is 56.6 Å². The van der Waals surface area contributed by atoms with Crippen molar-refractivity contribution in [2.75, 3.05) is 19.4 Å². The Hall–Kier alpha value is -2.04. The molecule has 0 heterocycles. The molecule has 0 aliphatic heterocycles. The van der Waals surface area contributed by atoms with Crippen LogP contribution in [-0.2, 0) is 11.2 Å². The number of benzene rings is 2. The second-order valence-corrected chi connectivity index (χ2v) is 6.34. The minimum atomic E-state index is -0.141. The van der Waals surface area contributed by atoms with E-state index in [0.717, 1.165) is 5.56 Å². The van der Waals surface area contributed by atoms with Gasteiger partial charge < -0.3 is 10.2 Å². The van der Waals surface area contributed by atoms with Gasteiger partial charge in [0.25, 0.3) is 5.91 Å². The van der Waals surface area contributed by atoms with Crippen LogP contribution in [0.2, 0.25) is 10.0 Å². The fourth-order valence-corrected chi connectivity index (χ4v) is 2.77. The molecule has 2 rings (SSSR count). The highest BCUT2D eigenvalue weighted by Crippen LogP contribution is 2.25. The number of amides is 2. The van der Waals surface area contributed by atoms with Crippen molar-refractivity contribution < 1.29 is 9.59 Å². The summed E-state index contributed by atoms with van der Waals surface area (Å²) in [5, 5.41) is 3.91. The molecule has 2 aromatic carbocycles. The van der Waals surface area contributed by atoms with Crippen LogP contribution in [0.5, 0.6) is 0 Å². The average Bonchev–Trinajstić information content (AvgIpc) is 2.54. The van der Waals surface area contributed by atoms with Gasteiger partial charge in [0.1, 0.15) is 0 Å². The summed E-state index contributed by atoms with van der Waals surface area (Å²) in [7, 11) is 3.38. The normalized spacial score (nSPS) is 10.3. The maximum atomic E-state index is 12.1. The Morgan fingerprint density at radius 2 is 1.58 bits per heavy atom. The predicted octanol–water partition coefficient (Wildman–Crippen LogP) is 4.27. The minimum absolute atomic E-state index is 0.0822. The third-order valence-corrected chi connectivity index (χ3v) is 4.19. The van der Waals surface area contributed by atoms with Crippen LogP contribution in [-0.4, -0.2) is 30.8 Å². The van der Waals surface area contributed by atoms with Crippen LogP contribution < -0.4 is 5.32 Å². The number of hydrogen-bond acceptors (Lipinski definition) is 2. The molecule has 24 heavy (non-hydrogen) atoms. The van der Waals surface area contributed by atoms with E-state index in [-0.39, 0.29) is 18.2 Å². The molecule has 0 spiro atoms. The van der Waals surface area contributed by atoms with Crippen LogP contribution in [0.3, 0.4) is 0 Å². The molecular weight excluding hydrogens is 347 g/mol. The molecule has 0 radical (unpaired) electrons. The van der Waals surface area contributed by atoms with Gasteiger partial charge in [0.05, 0.1) is 0 Å². The summed E-state index contributed by atoms with van der Waals surface area (Å²) < 4.78 is 0. The lowest BCUT2D eigenvalue weighted by atomic mass is 10.1. The molecule has 0 aromatic heterocycles. The van der Waals surface area contributed by atoms with Gasteiger partial charge >= 0.3 is 0 Å². The van der Waals surface area contributed by atoms with E-state index in [0.29, 0.717) is 27.7 Å². The first-order valence-corrected chi connectivity index (χ1v) is 8.18. The summed E-state index contributed by atoms with van der Waals surface area (Å²) in [5.74, 6) is -0.223. The maximum absolute atomic E-state index is 12.1. The predicted molar refractivity (Wildman–Crippen MR) is 97.9 cm³/mol. The number of nitrogens with one attached hydrogen (secondary N) is 1. The Morgan fingerprint density at radius 3 is 2.12 bits per heavy atom. The molecule has 0 saturated carbocycles. The zero-order chi connectivity index (χ0) is 17.7. The first-order valence-electron chi connectivity index (χ1n) is 7.43. The van der Waals surface area contributed by atoms with Gasteiger partial charge in [-0.1, -0.05) is 29.3 Å². The third-order valence-electron chi connectivity index (χ3n) is 3.49. The molecular formula is C18H18Cl2N2O2. The van der Waals surface area contributed by atoms with Crippen LogP contribution in [0.4, 0.5) is 5.69 Å². The summed E-state index contributed by atoms with van der Waals surface area (Å²) >= 11 is 12.2. The maximum Gasteiger partial charge on any atom is 0.253 e. The van der Waals surface area contributed by atoms with E-state index in [9.17, 15) is 9.59 Å². The summed E-state index contributed by atoms with van der Waals surface area (Å²) in [5.41, 5.74) is 1.98. The number of anilines is 1. The highest BCUT2D eigenvalue weighted by Gasteiger charge is 2.10. The molecule has 2 aromatic rings. The van der Waals surface area contributed by atoms with Gasteiger partial charge in [-0.25, -0.2) is 0 Å². The van der Waals surface area contributed by atoms with Crippen molar-refractivity contribution in [2.45, 2.75) is 12.8 Å². The highest BCUT2D eigenvalue weighted by atomic mass is 35.5. The van der Waals surface area contributed by atoms with Crippen LogP contribution in [0.25, 0.3) is 0 Å². The molecule has 0 atom stereocenters. The van der Waals surface area contributed by atoms with Gasteiger partial charge in [0, 0.05) is 41.8 Å². The highest BCUT2D eigenvalue weighted by molar-refractivity contribution is 6.36. The molecule has 1 N–H and O–H groups in total. The van der Waals surface area contributed by atoms with Crippen LogP contribution in [0, 0.1) is 0 Å². The minimum Gasteiger partial charge on any atom is -0.345 e. The zero-order valence-corrected chi connectivity index (χ0v) is 15.0. The second kappa shape index (κ2) is 8.18. The Labute approximate surface area is 151 Å². The summed E-state index contributed by atoms with van der Waals surface area (Å²) in [6.07, 6.45) is 0.726. The fourth-order valence-electron chi connectivity index (χ4n) is 2.19. The number of halogens is 2. The van der Waals surface area contributed by atoms with E-state index in [4.69, 9.17) is 23.2 Å². The Kier molecular flexibility index (Phi) is 6.23. The van der Waals surface area contributed by atoms with Gasteiger partial charge in [-0.05, 0) is 48.4 Å². The standard InChI is InChI=1S/C18H18Cl2N2O2/c1-22(2)18(24)12-6-8-13(9-7-12)21-17(23)11-10-14-15(19)4-3-5-16(14)20/h3-9H,10-11H2,1-2H3,(H,21,23). The SMILES string of the molecule is CN(C)C(=O)c1ccc(NC(=O)CCc2c(Cl)cccc2Cl)cc1. The van der Waals surface area contributed by atoms with Crippen LogP contribution in [0.1, 0.15) is 22.3 Å². The van der Waals surface area contributed by atoms with E-state index >= 15 is 0 Å². The molecule has 0 aliphatic rings. The molecule has 0 unspecified atom stereocenters. The van der Waals surface area contributed by atoms with Crippen molar-refractivity contribution >= 4 is 40.7 Å². The topological polar surface area (TPSA) is 49.4 Å². The van der Waals surface area contributed by atoms with Crippen molar-refractivity contribution in [2.24, 2.45) is 0 Å². The number of hydrogen-bond donors (Lipinski definition) is 1. The van der Waals surface area contributed by atoms with Gasteiger partial charge in [-0.15, -0.1) is 0 Å².